The molecule has 0 aromatic heterocycles. The standard InChI is InChI=1S/C22H27BrN2O3S/c1-17-15-20(11-12-21(17)23)24-22(26)19-10-5-13-25(16-19)29(27,28)14-6-9-18-7-3-2-4-8-18/h2-4,7-8,11-12,15,19H,5-6,9-10,13-14,16H2,1H3,(H,24,26)/t19-/m0/s1. The summed E-state index contributed by atoms with van der Waals surface area (Å²) in [6.07, 6.45) is 2.73. The smallest absolute Gasteiger partial charge is 0.228 e. The predicted molar refractivity (Wildman–Crippen MR) is 120 cm³/mol. The van der Waals surface area contributed by atoms with Gasteiger partial charge in [-0.25, -0.2) is 12.7 Å². The van der Waals surface area contributed by atoms with Gasteiger partial charge in [-0.1, -0.05) is 46.3 Å². The Morgan fingerprint density at radius 3 is 2.69 bits per heavy atom. The maximum atomic E-state index is 12.8. The van der Waals surface area contributed by atoms with Crippen molar-refractivity contribution >= 4 is 37.5 Å². The van der Waals surface area contributed by atoms with Crippen molar-refractivity contribution < 1.29 is 13.2 Å². The van der Waals surface area contributed by atoms with E-state index in [9.17, 15) is 13.2 Å². The van der Waals surface area contributed by atoms with Crippen molar-refractivity contribution in [3.05, 3.63) is 64.1 Å². The van der Waals surface area contributed by atoms with Gasteiger partial charge in [0.1, 0.15) is 0 Å². The predicted octanol–water partition coefficient (Wildman–Crippen LogP) is 4.37. The number of carbonyl (C=O) groups is 1. The third-order valence-corrected chi connectivity index (χ3v) is 8.10. The Kier molecular flexibility index (Phi) is 7.49. The first-order chi connectivity index (χ1) is 13.8. The molecule has 1 N–H and O–H groups in total. The van der Waals surface area contributed by atoms with Crippen molar-refractivity contribution in [2.24, 2.45) is 5.92 Å². The Bertz CT molecular complexity index is 948. The molecule has 2 aromatic rings. The number of hydrogen-bond acceptors (Lipinski definition) is 3. The van der Waals surface area contributed by atoms with Crippen LogP contribution in [0.2, 0.25) is 0 Å². The van der Waals surface area contributed by atoms with Crippen LogP contribution < -0.4 is 5.32 Å². The number of carbonyl (C=O) groups excluding carboxylic acids is 1. The molecule has 0 radical (unpaired) electrons. The van der Waals surface area contributed by atoms with Crippen LogP contribution in [0.4, 0.5) is 5.69 Å². The second-order valence-corrected chi connectivity index (χ2v) is 10.5. The van der Waals surface area contributed by atoms with Crippen LogP contribution in [0.1, 0.15) is 30.4 Å². The highest BCUT2D eigenvalue weighted by atomic mass is 79.9. The SMILES string of the molecule is Cc1cc(NC(=O)[C@H]2CCCN(S(=O)(=O)CCCc3ccccc3)C2)ccc1Br. The van der Waals surface area contributed by atoms with Crippen LogP contribution in [0.15, 0.2) is 53.0 Å². The molecule has 29 heavy (non-hydrogen) atoms. The maximum absolute atomic E-state index is 12.8. The minimum Gasteiger partial charge on any atom is -0.326 e. The van der Waals surface area contributed by atoms with Gasteiger partial charge in [-0.2, -0.15) is 0 Å². The number of nitrogens with zero attached hydrogens (tertiary/aromatic N) is 1. The minimum atomic E-state index is -3.36. The van der Waals surface area contributed by atoms with Crippen LogP contribution in [-0.4, -0.2) is 37.5 Å². The van der Waals surface area contributed by atoms with Gasteiger partial charge in [0.15, 0.2) is 0 Å². The number of anilines is 1. The number of halogens is 1. The normalized spacial score (nSPS) is 17.8. The highest BCUT2D eigenvalue weighted by Gasteiger charge is 2.32. The van der Waals surface area contributed by atoms with Gasteiger partial charge in [-0.15, -0.1) is 0 Å². The van der Waals surface area contributed by atoms with Gasteiger partial charge < -0.3 is 5.32 Å². The van der Waals surface area contributed by atoms with Crippen molar-refractivity contribution in [1.29, 1.82) is 0 Å². The lowest BCUT2D eigenvalue weighted by molar-refractivity contribution is -0.120. The van der Waals surface area contributed by atoms with Crippen molar-refractivity contribution in [1.82, 2.24) is 4.31 Å². The maximum Gasteiger partial charge on any atom is 0.228 e. The lowest BCUT2D eigenvalue weighted by Gasteiger charge is -2.31. The van der Waals surface area contributed by atoms with Crippen molar-refractivity contribution in [2.45, 2.75) is 32.6 Å². The Hall–Kier alpha value is -1.70. The fourth-order valence-corrected chi connectivity index (χ4v) is 5.44. The molecule has 3 rings (SSSR count). The fraction of sp³-hybridized carbons (Fsp3) is 0.409. The van der Waals surface area contributed by atoms with E-state index in [1.54, 1.807) is 0 Å². The van der Waals surface area contributed by atoms with Gasteiger partial charge in [-0.05, 0) is 61.9 Å². The number of hydrogen-bond donors (Lipinski definition) is 1. The molecule has 1 amide bonds. The van der Waals surface area contributed by atoms with Crippen LogP contribution in [0, 0.1) is 12.8 Å². The average Bonchev–Trinajstić information content (AvgIpc) is 2.71. The third kappa shape index (κ3) is 6.14. The number of nitrogens with one attached hydrogen (secondary N) is 1. The number of rotatable bonds is 7. The molecule has 1 fully saturated rings. The molecule has 1 aliphatic rings. The molecule has 1 aliphatic heterocycles. The molecule has 0 unspecified atom stereocenters. The fourth-order valence-electron chi connectivity index (χ4n) is 3.61. The number of benzene rings is 2. The molecule has 1 heterocycles. The lowest BCUT2D eigenvalue weighted by Crippen LogP contribution is -2.44. The summed E-state index contributed by atoms with van der Waals surface area (Å²) in [5, 5.41) is 2.94. The molecule has 5 nitrogen and oxygen atoms in total. The number of piperidine rings is 1. The van der Waals surface area contributed by atoms with Gasteiger partial charge >= 0.3 is 0 Å². The van der Waals surface area contributed by atoms with E-state index in [-0.39, 0.29) is 24.1 Å². The zero-order valence-electron chi connectivity index (χ0n) is 16.6. The van der Waals surface area contributed by atoms with E-state index < -0.39 is 10.0 Å². The molecular weight excluding hydrogens is 452 g/mol. The van der Waals surface area contributed by atoms with E-state index in [0.717, 1.165) is 27.7 Å². The van der Waals surface area contributed by atoms with E-state index in [1.807, 2.05) is 55.5 Å². The van der Waals surface area contributed by atoms with Crippen LogP contribution in [0.5, 0.6) is 0 Å². The van der Waals surface area contributed by atoms with Crippen molar-refractivity contribution in [3.63, 3.8) is 0 Å². The summed E-state index contributed by atoms with van der Waals surface area (Å²) in [4.78, 5) is 12.7. The molecule has 0 saturated carbocycles. The third-order valence-electron chi connectivity index (χ3n) is 5.28. The van der Waals surface area contributed by atoms with Crippen molar-refractivity contribution in [2.75, 3.05) is 24.2 Å². The first-order valence-electron chi connectivity index (χ1n) is 9.94. The Balaban J connectivity index is 1.55. The summed E-state index contributed by atoms with van der Waals surface area (Å²) >= 11 is 3.45. The van der Waals surface area contributed by atoms with E-state index in [4.69, 9.17) is 0 Å². The Labute approximate surface area is 181 Å². The zero-order chi connectivity index (χ0) is 20.9. The summed E-state index contributed by atoms with van der Waals surface area (Å²) in [5.41, 5.74) is 2.91. The van der Waals surface area contributed by atoms with Crippen LogP contribution >= 0.6 is 15.9 Å². The van der Waals surface area contributed by atoms with Gasteiger partial charge in [0.2, 0.25) is 15.9 Å². The number of sulfonamides is 1. The van der Waals surface area contributed by atoms with E-state index in [2.05, 4.69) is 21.2 Å². The highest BCUT2D eigenvalue weighted by Crippen LogP contribution is 2.24. The van der Waals surface area contributed by atoms with Gasteiger partial charge in [0.25, 0.3) is 0 Å². The molecule has 2 aromatic carbocycles. The average molecular weight is 479 g/mol. The number of amides is 1. The lowest BCUT2D eigenvalue weighted by atomic mass is 9.98. The topological polar surface area (TPSA) is 66.5 Å². The quantitative estimate of drug-likeness (QED) is 0.642. The molecule has 0 spiro atoms. The van der Waals surface area contributed by atoms with E-state index >= 15 is 0 Å². The summed E-state index contributed by atoms with van der Waals surface area (Å²) in [7, 11) is -3.36. The summed E-state index contributed by atoms with van der Waals surface area (Å²) in [6, 6.07) is 15.5. The van der Waals surface area contributed by atoms with E-state index in [0.29, 0.717) is 25.8 Å². The molecule has 7 heteroatoms. The second kappa shape index (κ2) is 9.87. The number of aryl methyl sites for hydroxylation is 2. The largest absolute Gasteiger partial charge is 0.326 e. The molecule has 156 valence electrons. The molecular formula is C22H27BrN2O3S. The molecule has 0 bridgehead atoms. The van der Waals surface area contributed by atoms with Gasteiger partial charge in [0, 0.05) is 23.2 Å². The van der Waals surface area contributed by atoms with Crippen LogP contribution in [0.25, 0.3) is 0 Å². The van der Waals surface area contributed by atoms with Crippen molar-refractivity contribution in [3.8, 4) is 0 Å². The Morgan fingerprint density at radius 2 is 1.97 bits per heavy atom. The zero-order valence-corrected chi connectivity index (χ0v) is 19.0. The van der Waals surface area contributed by atoms with E-state index in [1.165, 1.54) is 4.31 Å². The first-order valence-corrected chi connectivity index (χ1v) is 12.3. The summed E-state index contributed by atoms with van der Waals surface area (Å²) in [5.74, 6) is -0.324. The van der Waals surface area contributed by atoms with Gasteiger partial charge in [-0.3, -0.25) is 4.79 Å². The van der Waals surface area contributed by atoms with Gasteiger partial charge in [0.05, 0.1) is 11.7 Å². The molecule has 1 atom stereocenters. The molecule has 0 aliphatic carbocycles. The second-order valence-electron chi connectivity index (χ2n) is 7.56. The van der Waals surface area contributed by atoms with Crippen LogP contribution in [-0.2, 0) is 21.2 Å². The monoisotopic (exact) mass is 478 g/mol. The summed E-state index contributed by atoms with van der Waals surface area (Å²) in [6.45, 7) is 2.72. The summed E-state index contributed by atoms with van der Waals surface area (Å²) < 4.78 is 28.0. The first kappa shape index (κ1) is 22.0. The minimum absolute atomic E-state index is 0.113. The highest BCUT2D eigenvalue weighted by molar-refractivity contribution is 9.10. The molecule has 1 saturated heterocycles. The Morgan fingerprint density at radius 1 is 1.21 bits per heavy atom. The van der Waals surface area contributed by atoms with Crippen LogP contribution in [0.3, 0.4) is 0 Å².